The van der Waals surface area contributed by atoms with Gasteiger partial charge in [-0.1, -0.05) is 29.3 Å². The zero-order valence-corrected chi connectivity index (χ0v) is 18.4. The molecule has 0 spiro atoms. The van der Waals surface area contributed by atoms with Crippen molar-refractivity contribution in [3.63, 3.8) is 0 Å². The van der Waals surface area contributed by atoms with Gasteiger partial charge in [-0.25, -0.2) is 0 Å². The van der Waals surface area contributed by atoms with Gasteiger partial charge in [-0.15, -0.1) is 11.8 Å². The Labute approximate surface area is 179 Å². The third-order valence-electron chi connectivity index (χ3n) is 4.55. The highest BCUT2D eigenvalue weighted by Crippen LogP contribution is 2.41. The average Bonchev–Trinajstić information content (AvgIpc) is 2.62. The highest BCUT2D eigenvalue weighted by atomic mass is 35.5. The monoisotopic (exact) mass is 439 g/mol. The fraction of sp³-hybridized carbons (Fsp3) is 0.381. The number of rotatable bonds is 6. The molecule has 1 aliphatic heterocycles. The molecule has 28 heavy (non-hydrogen) atoms. The Morgan fingerprint density at radius 3 is 2.68 bits per heavy atom. The number of fused-ring (bicyclic) bond motifs is 1. The summed E-state index contributed by atoms with van der Waals surface area (Å²) in [4.78, 5) is 12.6. The fourth-order valence-corrected chi connectivity index (χ4v) is 4.82. The zero-order valence-electron chi connectivity index (χ0n) is 16.1. The molecule has 1 aliphatic rings. The van der Waals surface area contributed by atoms with Gasteiger partial charge in [0.05, 0.1) is 18.9 Å². The van der Waals surface area contributed by atoms with Crippen LogP contribution in [0.4, 0.5) is 0 Å². The highest BCUT2D eigenvalue weighted by Gasteiger charge is 2.34. The number of hydrogen-bond acceptors (Lipinski definition) is 4. The van der Waals surface area contributed by atoms with E-state index in [0.29, 0.717) is 28.0 Å². The second-order valence-corrected chi connectivity index (χ2v) is 9.08. The smallest absolute Gasteiger partial charge is 0.230 e. The van der Waals surface area contributed by atoms with E-state index in [-0.39, 0.29) is 17.6 Å². The lowest BCUT2D eigenvalue weighted by atomic mass is 9.89. The topological polar surface area (TPSA) is 47.6 Å². The van der Waals surface area contributed by atoms with Gasteiger partial charge < -0.3 is 14.8 Å². The summed E-state index contributed by atoms with van der Waals surface area (Å²) in [6, 6.07) is 11.0. The van der Waals surface area contributed by atoms with Crippen molar-refractivity contribution < 1.29 is 14.3 Å². The van der Waals surface area contributed by atoms with E-state index in [2.05, 4.69) is 5.32 Å². The normalized spacial score (nSPS) is 17.4. The van der Waals surface area contributed by atoms with Crippen LogP contribution in [-0.4, -0.2) is 24.4 Å². The molecule has 2 aromatic carbocycles. The fourth-order valence-electron chi connectivity index (χ4n) is 3.24. The Hall–Kier alpha value is -1.56. The van der Waals surface area contributed by atoms with Crippen LogP contribution in [0, 0.1) is 0 Å². The Morgan fingerprint density at radius 2 is 2.00 bits per heavy atom. The number of benzene rings is 2. The third kappa shape index (κ3) is 5.07. The molecule has 2 aromatic rings. The quantitative estimate of drug-likeness (QED) is 0.630. The molecule has 1 unspecified atom stereocenters. The standard InChI is InChI=1S/C21H23Cl2NO3S/c1-21(2)10-18(14-8-7-13(26-3)9-19(14)27-21)24-20(25)12-28-11-15-16(22)5-4-6-17(15)23/h4-9,18H,10-12H2,1-3H3,(H,24,25). The maximum atomic E-state index is 12.6. The van der Waals surface area contributed by atoms with E-state index in [4.69, 9.17) is 32.7 Å². The van der Waals surface area contributed by atoms with E-state index < -0.39 is 0 Å². The molecule has 0 radical (unpaired) electrons. The summed E-state index contributed by atoms with van der Waals surface area (Å²) in [5.41, 5.74) is 1.44. The van der Waals surface area contributed by atoms with Crippen molar-refractivity contribution in [2.24, 2.45) is 0 Å². The number of amides is 1. The van der Waals surface area contributed by atoms with Crippen LogP contribution in [0.2, 0.25) is 10.0 Å². The third-order valence-corrected chi connectivity index (χ3v) is 6.22. The summed E-state index contributed by atoms with van der Waals surface area (Å²) >= 11 is 13.9. The molecule has 1 N–H and O–H groups in total. The first kappa shape index (κ1) is 21.2. The molecular weight excluding hydrogens is 417 g/mol. The Balaban J connectivity index is 1.64. The molecule has 0 bridgehead atoms. The molecule has 0 fully saturated rings. The van der Waals surface area contributed by atoms with Crippen LogP contribution >= 0.6 is 35.0 Å². The van der Waals surface area contributed by atoms with Crippen LogP contribution in [0.25, 0.3) is 0 Å². The molecule has 0 aromatic heterocycles. The number of nitrogens with one attached hydrogen (secondary N) is 1. The van der Waals surface area contributed by atoms with Crippen LogP contribution in [-0.2, 0) is 10.5 Å². The van der Waals surface area contributed by atoms with Gasteiger partial charge >= 0.3 is 0 Å². The Bertz CT molecular complexity index is 852. The molecule has 1 heterocycles. The number of halogens is 2. The van der Waals surface area contributed by atoms with E-state index in [0.717, 1.165) is 22.6 Å². The van der Waals surface area contributed by atoms with Gasteiger partial charge in [0.25, 0.3) is 0 Å². The number of thioether (sulfide) groups is 1. The maximum absolute atomic E-state index is 12.6. The van der Waals surface area contributed by atoms with Gasteiger partial charge in [-0.2, -0.15) is 0 Å². The van der Waals surface area contributed by atoms with E-state index in [1.165, 1.54) is 11.8 Å². The minimum absolute atomic E-state index is 0.0300. The first-order valence-electron chi connectivity index (χ1n) is 8.96. The van der Waals surface area contributed by atoms with Crippen molar-refractivity contribution >= 4 is 40.9 Å². The minimum Gasteiger partial charge on any atom is -0.497 e. The molecule has 0 aliphatic carbocycles. The summed E-state index contributed by atoms with van der Waals surface area (Å²) in [7, 11) is 1.62. The van der Waals surface area contributed by atoms with E-state index >= 15 is 0 Å². The Morgan fingerprint density at radius 1 is 1.29 bits per heavy atom. The SMILES string of the molecule is COc1ccc2c(c1)OC(C)(C)CC2NC(=O)CSCc1c(Cl)cccc1Cl. The van der Waals surface area contributed by atoms with Gasteiger partial charge in [0.15, 0.2) is 0 Å². The van der Waals surface area contributed by atoms with Crippen molar-refractivity contribution in [2.75, 3.05) is 12.9 Å². The van der Waals surface area contributed by atoms with Crippen LogP contribution in [0.3, 0.4) is 0 Å². The number of ether oxygens (including phenoxy) is 2. The largest absolute Gasteiger partial charge is 0.497 e. The second-order valence-electron chi connectivity index (χ2n) is 7.28. The lowest BCUT2D eigenvalue weighted by Gasteiger charge is -2.38. The average molecular weight is 440 g/mol. The van der Waals surface area contributed by atoms with Gasteiger partial charge in [0.1, 0.15) is 17.1 Å². The molecule has 7 heteroatoms. The first-order valence-corrected chi connectivity index (χ1v) is 10.9. The van der Waals surface area contributed by atoms with Gasteiger partial charge in [-0.05, 0) is 43.7 Å². The minimum atomic E-state index is -0.379. The summed E-state index contributed by atoms with van der Waals surface area (Å²) in [6.45, 7) is 4.03. The number of carbonyl (C=O) groups is 1. The maximum Gasteiger partial charge on any atom is 0.230 e. The predicted octanol–water partition coefficient (Wildman–Crippen LogP) is 5.65. The Kier molecular flexibility index (Phi) is 6.69. The number of carbonyl (C=O) groups excluding carboxylic acids is 1. The number of methoxy groups -OCH3 is 1. The molecule has 150 valence electrons. The van der Waals surface area contributed by atoms with E-state index in [1.807, 2.05) is 38.1 Å². The lowest BCUT2D eigenvalue weighted by Crippen LogP contribution is -2.41. The summed E-state index contributed by atoms with van der Waals surface area (Å²) < 4.78 is 11.4. The van der Waals surface area contributed by atoms with Crippen LogP contribution < -0.4 is 14.8 Å². The molecular formula is C21H23Cl2NO3S. The highest BCUT2D eigenvalue weighted by molar-refractivity contribution is 7.99. The van der Waals surface area contributed by atoms with E-state index in [9.17, 15) is 4.79 Å². The van der Waals surface area contributed by atoms with Gasteiger partial charge in [-0.3, -0.25) is 4.79 Å². The van der Waals surface area contributed by atoms with Crippen molar-refractivity contribution in [2.45, 2.75) is 37.7 Å². The van der Waals surface area contributed by atoms with Crippen molar-refractivity contribution in [3.05, 3.63) is 57.6 Å². The van der Waals surface area contributed by atoms with Crippen molar-refractivity contribution in [1.82, 2.24) is 5.32 Å². The van der Waals surface area contributed by atoms with Crippen LogP contribution in [0.1, 0.15) is 37.4 Å². The molecule has 4 nitrogen and oxygen atoms in total. The molecule has 0 saturated carbocycles. The molecule has 1 atom stereocenters. The first-order chi connectivity index (χ1) is 13.3. The van der Waals surface area contributed by atoms with Gasteiger partial charge in [0, 0.05) is 33.8 Å². The zero-order chi connectivity index (χ0) is 20.3. The van der Waals surface area contributed by atoms with Crippen molar-refractivity contribution in [1.29, 1.82) is 0 Å². The summed E-state index contributed by atoms with van der Waals surface area (Å²) in [5.74, 6) is 2.35. The van der Waals surface area contributed by atoms with Crippen LogP contribution in [0.5, 0.6) is 11.5 Å². The molecule has 0 saturated heterocycles. The second kappa shape index (κ2) is 8.85. The summed E-state index contributed by atoms with van der Waals surface area (Å²) in [6.07, 6.45) is 0.694. The predicted molar refractivity (Wildman–Crippen MR) is 116 cm³/mol. The molecule has 3 rings (SSSR count). The van der Waals surface area contributed by atoms with Crippen molar-refractivity contribution in [3.8, 4) is 11.5 Å². The van der Waals surface area contributed by atoms with Crippen LogP contribution in [0.15, 0.2) is 36.4 Å². The number of hydrogen-bond donors (Lipinski definition) is 1. The molecule has 1 amide bonds. The van der Waals surface area contributed by atoms with E-state index in [1.54, 1.807) is 19.2 Å². The lowest BCUT2D eigenvalue weighted by molar-refractivity contribution is -0.119. The van der Waals surface area contributed by atoms with Gasteiger partial charge in [0.2, 0.25) is 5.91 Å². The summed E-state index contributed by atoms with van der Waals surface area (Å²) in [5, 5.41) is 4.38.